The van der Waals surface area contributed by atoms with E-state index in [1.807, 2.05) is 0 Å². The lowest BCUT2D eigenvalue weighted by molar-refractivity contribution is 0.0944. The SMILES string of the molecule is O=C(NCc1ccc(Cl)cc1)c1n[nH]c2cnc(CO)cc2c1=O. The maximum atomic E-state index is 12.4. The highest BCUT2D eigenvalue weighted by Crippen LogP contribution is 2.10. The van der Waals surface area contributed by atoms with Crippen molar-refractivity contribution in [1.29, 1.82) is 0 Å². The Morgan fingerprint density at radius 2 is 2.04 bits per heavy atom. The molecule has 1 amide bonds. The number of nitrogens with zero attached hydrogens (tertiary/aromatic N) is 2. The zero-order chi connectivity index (χ0) is 17.1. The van der Waals surface area contributed by atoms with Crippen LogP contribution in [0.2, 0.25) is 5.02 Å². The van der Waals surface area contributed by atoms with E-state index in [1.54, 1.807) is 24.3 Å². The van der Waals surface area contributed by atoms with Crippen LogP contribution in [0.25, 0.3) is 10.9 Å². The van der Waals surface area contributed by atoms with Crippen LogP contribution in [-0.4, -0.2) is 26.2 Å². The van der Waals surface area contributed by atoms with Crippen molar-refractivity contribution in [3.63, 3.8) is 0 Å². The van der Waals surface area contributed by atoms with E-state index >= 15 is 0 Å². The minimum absolute atomic E-state index is 0.243. The van der Waals surface area contributed by atoms with Crippen LogP contribution in [0.1, 0.15) is 21.7 Å². The van der Waals surface area contributed by atoms with Gasteiger partial charge in [-0.3, -0.25) is 19.7 Å². The van der Waals surface area contributed by atoms with Gasteiger partial charge in [-0.15, -0.1) is 0 Å². The van der Waals surface area contributed by atoms with E-state index in [4.69, 9.17) is 16.7 Å². The number of hydrogen-bond acceptors (Lipinski definition) is 5. The van der Waals surface area contributed by atoms with Crippen molar-refractivity contribution in [2.45, 2.75) is 13.2 Å². The monoisotopic (exact) mass is 344 g/mol. The topological polar surface area (TPSA) is 108 Å². The highest BCUT2D eigenvalue weighted by atomic mass is 35.5. The van der Waals surface area contributed by atoms with Gasteiger partial charge in [0.25, 0.3) is 5.91 Å². The van der Waals surface area contributed by atoms with E-state index in [1.165, 1.54) is 12.3 Å². The molecule has 0 atom stereocenters. The number of aliphatic hydroxyl groups excluding tert-OH is 1. The molecule has 0 spiro atoms. The Balaban J connectivity index is 1.85. The third-order valence-electron chi connectivity index (χ3n) is 3.45. The zero-order valence-corrected chi connectivity index (χ0v) is 13.2. The molecule has 3 N–H and O–H groups in total. The highest BCUT2D eigenvalue weighted by Gasteiger charge is 2.15. The van der Waals surface area contributed by atoms with Gasteiger partial charge in [0, 0.05) is 11.6 Å². The lowest BCUT2D eigenvalue weighted by Crippen LogP contribution is -2.30. The number of benzene rings is 1. The van der Waals surface area contributed by atoms with E-state index in [-0.39, 0.29) is 24.2 Å². The first-order chi connectivity index (χ1) is 11.6. The normalized spacial score (nSPS) is 10.8. The second kappa shape index (κ2) is 6.77. The number of aromatic nitrogens is 3. The van der Waals surface area contributed by atoms with E-state index in [0.29, 0.717) is 16.2 Å². The van der Waals surface area contributed by atoms with Gasteiger partial charge < -0.3 is 10.4 Å². The van der Waals surface area contributed by atoms with Crippen molar-refractivity contribution in [3.8, 4) is 0 Å². The average Bonchev–Trinajstić information content (AvgIpc) is 2.61. The molecular weight excluding hydrogens is 332 g/mol. The molecule has 24 heavy (non-hydrogen) atoms. The quantitative estimate of drug-likeness (QED) is 0.663. The first-order valence-corrected chi connectivity index (χ1v) is 7.47. The maximum absolute atomic E-state index is 12.4. The van der Waals surface area contributed by atoms with Crippen LogP contribution in [0.3, 0.4) is 0 Å². The van der Waals surface area contributed by atoms with E-state index in [0.717, 1.165) is 5.56 Å². The van der Waals surface area contributed by atoms with Crippen LogP contribution >= 0.6 is 11.6 Å². The fourth-order valence-corrected chi connectivity index (χ4v) is 2.30. The smallest absolute Gasteiger partial charge is 0.276 e. The molecule has 0 bridgehead atoms. The number of amides is 1. The Morgan fingerprint density at radius 1 is 1.29 bits per heavy atom. The molecule has 0 saturated heterocycles. The molecule has 0 radical (unpaired) electrons. The Bertz CT molecular complexity index is 954. The lowest BCUT2D eigenvalue weighted by Gasteiger charge is -2.06. The predicted molar refractivity (Wildman–Crippen MR) is 88.7 cm³/mol. The van der Waals surface area contributed by atoms with Gasteiger partial charge in [0.05, 0.1) is 29.4 Å². The molecule has 0 unspecified atom stereocenters. The van der Waals surface area contributed by atoms with Gasteiger partial charge in [-0.2, -0.15) is 5.10 Å². The molecule has 3 aromatic rings. The van der Waals surface area contributed by atoms with Crippen molar-refractivity contribution < 1.29 is 9.90 Å². The summed E-state index contributed by atoms with van der Waals surface area (Å²) in [6.45, 7) is -0.0524. The van der Waals surface area contributed by atoms with Crippen molar-refractivity contribution in [1.82, 2.24) is 20.5 Å². The summed E-state index contributed by atoms with van der Waals surface area (Å²) in [5.41, 5.74) is 0.816. The minimum Gasteiger partial charge on any atom is -0.390 e. The number of carbonyl (C=O) groups excluding carboxylic acids is 1. The number of aromatic amines is 1. The Labute approximate surface area is 141 Å². The van der Waals surface area contributed by atoms with Gasteiger partial charge >= 0.3 is 0 Å². The molecule has 122 valence electrons. The number of nitrogens with one attached hydrogen (secondary N) is 2. The fourth-order valence-electron chi connectivity index (χ4n) is 2.18. The predicted octanol–water partition coefficient (Wildman–Crippen LogP) is 1.39. The van der Waals surface area contributed by atoms with Crippen molar-refractivity contribution in [3.05, 3.63) is 68.7 Å². The molecule has 1 aromatic carbocycles. The highest BCUT2D eigenvalue weighted by molar-refractivity contribution is 6.30. The molecule has 3 rings (SSSR count). The van der Waals surface area contributed by atoms with E-state index < -0.39 is 11.3 Å². The summed E-state index contributed by atoms with van der Waals surface area (Å²) >= 11 is 5.81. The molecule has 0 aliphatic rings. The molecule has 0 saturated carbocycles. The molecule has 0 aliphatic carbocycles. The number of H-pyrrole nitrogens is 1. The van der Waals surface area contributed by atoms with Gasteiger partial charge in [-0.25, -0.2) is 0 Å². The van der Waals surface area contributed by atoms with Gasteiger partial charge in [0.15, 0.2) is 5.69 Å². The maximum Gasteiger partial charge on any atom is 0.276 e. The van der Waals surface area contributed by atoms with E-state index in [9.17, 15) is 9.59 Å². The number of hydrogen-bond donors (Lipinski definition) is 3. The summed E-state index contributed by atoms with van der Waals surface area (Å²) in [7, 11) is 0. The first-order valence-electron chi connectivity index (χ1n) is 7.09. The summed E-state index contributed by atoms with van der Waals surface area (Å²) in [6, 6.07) is 8.42. The number of fused-ring (bicyclic) bond motifs is 1. The fraction of sp³-hybridized carbons (Fsp3) is 0.125. The minimum atomic E-state index is -0.588. The first kappa shape index (κ1) is 16.1. The number of rotatable bonds is 4. The zero-order valence-electron chi connectivity index (χ0n) is 12.4. The van der Waals surface area contributed by atoms with Gasteiger partial charge in [0.1, 0.15) is 0 Å². The van der Waals surface area contributed by atoms with Crippen molar-refractivity contribution >= 4 is 28.4 Å². The Hall–Kier alpha value is -2.77. The Kier molecular flexibility index (Phi) is 4.54. The van der Waals surface area contributed by atoms with Crippen LogP contribution in [0.15, 0.2) is 41.3 Å². The van der Waals surface area contributed by atoms with Crippen LogP contribution in [0, 0.1) is 0 Å². The second-order valence-corrected chi connectivity index (χ2v) is 5.53. The standard InChI is InChI=1S/C16H13ClN4O3/c17-10-3-1-9(2-4-10)6-19-16(24)14-15(23)12-5-11(8-22)18-7-13(12)20-21-14/h1-5,7,22H,6,8H2,(H,19,24)(H,20,23). The van der Waals surface area contributed by atoms with Gasteiger partial charge in [0.2, 0.25) is 5.43 Å². The third kappa shape index (κ3) is 3.27. The van der Waals surface area contributed by atoms with Crippen LogP contribution in [0.4, 0.5) is 0 Å². The van der Waals surface area contributed by atoms with E-state index in [2.05, 4.69) is 20.5 Å². The number of pyridine rings is 1. The number of carbonyl (C=O) groups is 1. The summed E-state index contributed by atoms with van der Waals surface area (Å²) in [4.78, 5) is 28.6. The van der Waals surface area contributed by atoms with Crippen molar-refractivity contribution in [2.75, 3.05) is 0 Å². The molecule has 8 heteroatoms. The molecular formula is C16H13ClN4O3. The molecule has 0 aliphatic heterocycles. The lowest BCUT2D eigenvalue weighted by atomic mass is 10.2. The second-order valence-electron chi connectivity index (χ2n) is 5.09. The molecule has 0 fully saturated rings. The molecule has 2 heterocycles. The van der Waals surface area contributed by atoms with Crippen LogP contribution in [-0.2, 0) is 13.2 Å². The van der Waals surface area contributed by atoms with Crippen LogP contribution < -0.4 is 10.7 Å². The average molecular weight is 345 g/mol. The molecule has 7 nitrogen and oxygen atoms in total. The van der Waals surface area contributed by atoms with Crippen molar-refractivity contribution in [2.24, 2.45) is 0 Å². The molecule has 2 aromatic heterocycles. The third-order valence-corrected chi connectivity index (χ3v) is 3.70. The summed E-state index contributed by atoms with van der Waals surface area (Å²) < 4.78 is 0. The van der Waals surface area contributed by atoms with Gasteiger partial charge in [-0.05, 0) is 23.8 Å². The summed E-state index contributed by atoms with van der Waals surface area (Å²) in [5, 5.41) is 19.1. The summed E-state index contributed by atoms with van der Waals surface area (Å²) in [5.74, 6) is -0.588. The van der Waals surface area contributed by atoms with Gasteiger partial charge in [-0.1, -0.05) is 23.7 Å². The number of halogens is 1. The number of aliphatic hydroxyl groups is 1. The Morgan fingerprint density at radius 3 is 2.75 bits per heavy atom. The summed E-state index contributed by atoms with van der Waals surface area (Å²) in [6.07, 6.45) is 1.39. The van der Waals surface area contributed by atoms with Crippen LogP contribution in [0.5, 0.6) is 0 Å². The largest absolute Gasteiger partial charge is 0.390 e.